The van der Waals surface area contributed by atoms with Crippen LogP contribution in [0.1, 0.15) is 5.56 Å². The van der Waals surface area contributed by atoms with E-state index in [-0.39, 0.29) is 5.82 Å². The number of halogens is 3. The van der Waals surface area contributed by atoms with Gasteiger partial charge in [-0.2, -0.15) is 13.2 Å². The van der Waals surface area contributed by atoms with Crippen molar-refractivity contribution in [3.05, 3.63) is 23.9 Å². The molecular formula is C8H10F3N3. The maximum absolute atomic E-state index is 12.4. The van der Waals surface area contributed by atoms with Gasteiger partial charge in [-0.15, -0.1) is 0 Å². The Bertz CT molecular complexity index is 309. The van der Waals surface area contributed by atoms with Crippen LogP contribution in [0.15, 0.2) is 18.3 Å². The summed E-state index contributed by atoms with van der Waals surface area (Å²) in [5.41, 5.74) is 1.71. The van der Waals surface area contributed by atoms with E-state index in [0.717, 1.165) is 6.07 Å². The standard InChI is InChI=1S/C8H10F3N3/c1-14(2)13-7-6(8(9,10)11)4-3-5-12-7/h3-5H,1-2H3,(H,12,13). The Morgan fingerprint density at radius 3 is 2.50 bits per heavy atom. The molecule has 1 N–H and O–H groups in total. The van der Waals surface area contributed by atoms with E-state index >= 15 is 0 Å². The van der Waals surface area contributed by atoms with Crippen LogP contribution in [-0.4, -0.2) is 24.1 Å². The highest BCUT2D eigenvalue weighted by Gasteiger charge is 2.34. The Kier molecular flexibility index (Phi) is 2.95. The van der Waals surface area contributed by atoms with Crippen molar-refractivity contribution in [3.8, 4) is 0 Å². The molecule has 78 valence electrons. The molecule has 0 bridgehead atoms. The molecule has 14 heavy (non-hydrogen) atoms. The highest BCUT2D eigenvalue weighted by Crippen LogP contribution is 2.33. The van der Waals surface area contributed by atoms with Crippen molar-refractivity contribution in [2.75, 3.05) is 19.5 Å². The fourth-order valence-electron chi connectivity index (χ4n) is 0.935. The molecular weight excluding hydrogens is 195 g/mol. The van der Waals surface area contributed by atoms with Crippen LogP contribution in [0.25, 0.3) is 0 Å². The number of nitrogens with zero attached hydrogens (tertiary/aromatic N) is 2. The Balaban J connectivity index is 3.04. The Labute approximate surface area is 79.5 Å². The van der Waals surface area contributed by atoms with E-state index in [1.807, 2.05) is 0 Å². The lowest BCUT2D eigenvalue weighted by Gasteiger charge is -2.16. The van der Waals surface area contributed by atoms with Gasteiger partial charge >= 0.3 is 6.18 Å². The van der Waals surface area contributed by atoms with Crippen LogP contribution in [0.3, 0.4) is 0 Å². The average molecular weight is 205 g/mol. The second-order valence-corrected chi connectivity index (χ2v) is 2.90. The zero-order chi connectivity index (χ0) is 10.8. The first-order valence-electron chi connectivity index (χ1n) is 3.87. The number of alkyl halides is 3. The maximum Gasteiger partial charge on any atom is 0.419 e. The molecule has 1 heterocycles. The molecule has 0 spiro atoms. The second-order valence-electron chi connectivity index (χ2n) is 2.90. The molecule has 0 aliphatic rings. The van der Waals surface area contributed by atoms with E-state index in [0.29, 0.717) is 0 Å². The van der Waals surface area contributed by atoms with Gasteiger partial charge in [-0.05, 0) is 12.1 Å². The summed E-state index contributed by atoms with van der Waals surface area (Å²) in [6, 6.07) is 2.24. The SMILES string of the molecule is CN(C)Nc1ncccc1C(F)(F)F. The average Bonchev–Trinajstić information content (AvgIpc) is 2.01. The molecule has 0 amide bonds. The second kappa shape index (κ2) is 3.83. The topological polar surface area (TPSA) is 28.2 Å². The zero-order valence-electron chi connectivity index (χ0n) is 7.76. The van der Waals surface area contributed by atoms with Crippen molar-refractivity contribution < 1.29 is 13.2 Å². The first-order valence-corrected chi connectivity index (χ1v) is 3.87. The number of nitrogens with one attached hydrogen (secondary N) is 1. The van der Waals surface area contributed by atoms with Gasteiger partial charge in [0, 0.05) is 20.3 Å². The molecule has 6 heteroatoms. The minimum absolute atomic E-state index is 0.190. The van der Waals surface area contributed by atoms with E-state index in [9.17, 15) is 13.2 Å². The van der Waals surface area contributed by atoms with Crippen molar-refractivity contribution in [2.45, 2.75) is 6.18 Å². The monoisotopic (exact) mass is 205 g/mol. The largest absolute Gasteiger partial charge is 0.419 e. The summed E-state index contributed by atoms with van der Waals surface area (Å²) in [6.07, 6.45) is -3.08. The van der Waals surface area contributed by atoms with Gasteiger partial charge < -0.3 is 5.43 Å². The lowest BCUT2D eigenvalue weighted by atomic mass is 10.2. The smallest absolute Gasteiger partial charge is 0.303 e. The van der Waals surface area contributed by atoms with E-state index in [4.69, 9.17) is 0 Å². The summed E-state index contributed by atoms with van der Waals surface area (Å²) in [4.78, 5) is 3.61. The molecule has 0 radical (unpaired) electrons. The van der Waals surface area contributed by atoms with Crippen LogP contribution < -0.4 is 5.43 Å². The summed E-state index contributed by atoms with van der Waals surface area (Å²) >= 11 is 0. The predicted octanol–water partition coefficient (Wildman–Crippen LogP) is 1.99. The van der Waals surface area contributed by atoms with E-state index < -0.39 is 11.7 Å². The number of pyridine rings is 1. The van der Waals surface area contributed by atoms with Crippen LogP contribution in [0.4, 0.5) is 19.0 Å². The lowest BCUT2D eigenvalue weighted by molar-refractivity contribution is -0.137. The third-order valence-electron chi connectivity index (χ3n) is 1.44. The molecule has 1 rings (SSSR count). The first-order chi connectivity index (χ1) is 6.41. The number of aromatic nitrogens is 1. The fraction of sp³-hybridized carbons (Fsp3) is 0.375. The van der Waals surface area contributed by atoms with E-state index in [1.165, 1.54) is 17.3 Å². The molecule has 3 nitrogen and oxygen atoms in total. The van der Waals surface area contributed by atoms with Crippen molar-refractivity contribution in [3.63, 3.8) is 0 Å². The number of rotatable bonds is 2. The Morgan fingerprint density at radius 1 is 1.36 bits per heavy atom. The molecule has 0 atom stereocenters. The Hall–Kier alpha value is -1.30. The van der Waals surface area contributed by atoms with Crippen LogP contribution in [-0.2, 0) is 6.18 Å². The summed E-state index contributed by atoms with van der Waals surface area (Å²) < 4.78 is 37.2. The minimum atomic E-state index is -4.38. The molecule has 0 saturated heterocycles. The molecule has 0 unspecified atom stereocenters. The Morgan fingerprint density at radius 2 is 2.00 bits per heavy atom. The van der Waals surface area contributed by atoms with Gasteiger partial charge in [-0.3, -0.25) is 0 Å². The van der Waals surface area contributed by atoms with Crippen molar-refractivity contribution in [2.24, 2.45) is 0 Å². The molecule has 0 saturated carbocycles. The molecule has 0 aliphatic heterocycles. The summed E-state index contributed by atoms with van der Waals surface area (Å²) in [5.74, 6) is -0.190. The third kappa shape index (κ3) is 2.59. The third-order valence-corrected chi connectivity index (χ3v) is 1.44. The number of hydrazine groups is 1. The number of hydrogen-bond donors (Lipinski definition) is 1. The summed E-state index contributed by atoms with van der Waals surface area (Å²) in [5, 5.41) is 1.40. The molecule has 0 aromatic carbocycles. The van der Waals surface area contributed by atoms with Crippen molar-refractivity contribution in [1.29, 1.82) is 0 Å². The zero-order valence-corrected chi connectivity index (χ0v) is 7.76. The number of hydrogen-bond acceptors (Lipinski definition) is 3. The van der Waals surface area contributed by atoms with Gasteiger partial charge in [-0.1, -0.05) is 0 Å². The van der Waals surface area contributed by atoms with Gasteiger partial charge in [0.25, 0.3) is 0 Å². The van der Waals surface area contributed by atoms with Gasteiger partial charge in [0.05, 0.1) is 5.56 Å². The quantitative estimate of drug-likeness (QED) is 0.748. The molecule has 1 aromatic heterocycles. The molecule has 0 aliphatic carbocycles. The lowest BCUT2D eigenvalue weighted by Crippen LogP contribution is -2.23. The fourth-order valence-corrected chi connectivity index (χ4v) is 0.935. The highest BCUT2D eigenvalue weighted by atomic mass is 19.4. The van der Waals surface area contributed by atoms with Crippen LogP contribution >= 0.6 is 0 Å². The highest BCUT2D eigenvalue weighted by molar-refractivity contribution is 5.44. The van der Waals surface area contributed by atoms with Gasteiger partial charge in [0.2, 0.25) is 0 Å². The van der Waals surface area contributed by atoms with Crippen LogP contribution in [0.2, 0.25) is 0 Å². The van der Waals surface area contributed by atoms with Crippen LogP contribution in [0.5, 0.6) is 0 Å². The van der Waals surface area contributed by atoms with E-state index in [1.54, 1.807) is 14.1 Å². The van der Waals surface area contributed by atoms with Gasteiger partial charge in [-0.25, -0.2) is 9.99 Å². The maximum atomic E-state index is 12.4. The van der Waals surface area contributed by atoms with Crippen molar-refractivity contribution >= 4 is 5.82 Å². The molecule has 0 fully saturated rings. The minimum Gasteiger partial charge on any atom is -0.303 e. The first kappa shape index (κ1) is 10.8. The predicted molar refractivity (Wildman–Crippen MR) is 46.5 cm³/mol. The summed E-state index contributed by atoms with van der Waals surface area (Å²) in [7, 11) is 3.18. The molecule has 1 aromatic rings. The summed E-state index contributed by atoms with van der Waals surface area (Å²) in [6.45, 7) is 0. The van der Waals surface area contributed by atoms with Gasteiger partial charge in [0.1, 0.15) is 0 Å². The normalized spacial score (nSPS) is 11.9. The van der Waals surface area contributed by atoms with Crippen LogP contribution in [0, 0.1) is 0 Å². The van der Waals surface area contributed by atoms with Crippen molar-refractivity contribution in [1.82, 2.24) is 9.99 Å². The number of anilines is 1. The van der Waals surface area contributed by atoms with E-state index in [2.05, 4.69) is 10.4 Å². The van der Waals surface area contributed by atoms with Gasteiger partial charge in [0.15, 0.2) is 5.82 Å².